The molecule has 0 saturated heterocycles. The standard InChI is InChI=1S/C14H23N3O2S/c1-3-10-6-14(10)16-20(18,19)13-7-12(17(2)9-13)8-15-11-4-5-11/h7,9-11,14-16H,3-6,8H2,1-2H3. The molecule has 2 atom stereocenters. The van der Waals surface area contributed by atoms with Crippen LogP contribution < -0.4 is 10.0 Å². The van der Waals surface area contributed by atoms with Crippen molar-refractivity contribution in [3.8, 4) is 0 Å². The van der Waals surface area contributed by atoms with Crippen LogP contribution in [0.4, 0.5) is 0 Å². The summed E-state index contributed by atoms with van der Waals surface area (Å²) in [6.07, 6.45) is 6.18. The fraction of sp³-hybridized carbons (Fsp3) is 0.714. The maximum Gasteiger partial charge on any atom is 0.242 e. The van der Waals surface area contributed by atoms with E-state index >= 15 is 0 Å². The van der Waals surface area contributed by atoms with Crippen LogP contribution in [0.3, 0.4) is 0 Å². The van der Waals surface area contributed by atoms with Crippen LogP contribution in [0, 0.1) is 5.92 Å². The van der Waals surface area contributed by atoms with Gasteiger partial charge in [0.05, 0.1) is 4.90 Å². The number of nitrogens with one attached hydrogen (secondary N) is 2. The lowest BCUT2D eigenvalue weighted by Gasteiger charge is -2.03. The van der Waals surface area contributed by atoms with E-state index in [-0.39, 0.29) is 6.04 Å². The quantitative estimate of drug-likeness (QED) is 0.798. The summed E-state index contributed by atoms with van der Waals surface area (Å²) in [6.45, 7) is 2.83. The summed E-state index contributed by atoms with van der Waals surface area (Å²) in [5.74, 6) is 0.518. The lowest BCUT2D eigenvalue weighted by molar-refractivity contribution is 0.575. The molecule has 0 bridgehead atoms. The first-order valence-electron chi connectivity index (χ1n) is 7.40. The molecule has 2 aliphatic rings. The van der Waals surface area contributed by atoms with Gasteiger partial charge >= 0.3 is 0 Å². The molecule has 0 aromatic carbocycles. The smallest absolute Gasteiger partial charge is 0.242 e. The minimum atomic E-state index is -3.36. The second kappa shape index (κ2) is 5.16. The van der Waals surface area contributed by atoms with E-state index in [1.165, 1.54) is 12.8 Å². The molecule has 1 heterocycles. The molecule has 2 N–H and O–H groups in total. The molecule has 1 aromatic rings. The summed E-state index contributed by atoms with van der Waals surface area (Å²) in [5.41, 5.74) is 1.01. The van der Waals surface area contributed by atoms with Gasteiger partial charge in [-0.05, 0) is 31.2 Å². The summed E-state index contributed by atoms with van der Waals surface area (Å²) < 4.78 is 29.3. The molecule has 2 saturated carbocycles. The molecular formula is C14H23N3O2S. The molecular weight excluding hydrogens is 274 g/mol. The third-order valence-corrected chi connectivity index (χ3v) is 5.75. The van der Waals surface area contributed by atoms with E-state index < -0.39 is 10.0 Å². The third kappa shape index (κ3) is 3.07. The summed E-state index contributed by atoms with van der Waals surface area (Å²) in [5, 5.41) is 3.41. The Morgan fingerprint density at radius 2 is 2.15 bits per heavy atom. The number of hydrogen-bond donors (Lipinski definition) is 2. The maximum absolute atomic E-state index is 12.3. The van der Waals surface area contributed by atoms with Crippen molar-refractivity contribution in [2.45, 2.75) is 56.1 Å². The van der Waals surface area contributed by atoms with Crippen LogP contribution in [0.25, 0.3) is 0 Å². The van der Waals surface area contributed by atoms with Gasteiger partial charge in [0, 0.05) is 37.6 Å². The second-order valence-electron chi connectivity index (χ2n) is 6.07. The van der Waals surface area contributed by atoms with Gasteiger partial charge in [-0.3, -0.25) is 0 Å². The maximum atomic E-state index is 12.3. The van der Waals surface area contributed by atoms with Crippen molar-refractivity contribution >= 4 is 10.0 Å². The molecule has 2 aliphatic carbocycles. The van der Waals surface area contributed by atoms with Gasteiger partial charge in [0.1, 0.15) is 0 Å². The summed E-state index contributed by atoms with van der Waals surface area (Å²) in [7, 11) is -1.47. The number of rotatable bonds is 7. The summed E-state index contributed by atoms with van der Waals surface area (Å²) in [6, 6.07) is 2.54. The minimum absolute atomic E-state index is 0.137. The SMILES string of the molecule is CCC1CC1NS(=O)(=O)c1cc(CNC2CC2)n(C)c1. The first-order chi connectivity index (χ1) is 9.49. The Bertz CT molecular complexity index is 590. The Morgan fingerprint density at radius 3 is 2.75 bits per heavy atom. The molecule has 1 aromatic heterocycles. The zero-order chi connectivity index (χ0) is 14.3. The van der Waals surface area contributed by atoms with Gasteiger partial charge in [-0.25, -0.2) is 13.1 Å². The Morgan fingerprint density at radius 1 is 1.40 bits per heavy atom. The van der Waals surface area contributed by atoms with Crippen molar-refractivity contribution in [3.63, 3.8) is 0 Å². The predicted octanol–water partition coefficient (Wildman–Crippen LogP) is 1.35. The van der Waals surface area contributed by atoms with Crippen molar-refractivity contribution < 1.29 is 8.42 Å². The van der Waals surface area contributed by atoms with Gasteiger partial charge in [0.25, 0.3) is 0 Å². The molecule has 5 nitrogen and oxygen atoms in total. The monoisotopic (exact) mass is 297 g/mol. The van der Waals surface area contributed by atoms with Gasteiger partial charge in [-0.1, -0.05) is 13.3 Å². The normalized spacial score (nSPS) is 25.9. The summed E-state index contributed by atoms with van der Waals surface area (Å²) >= 11 is 0. The highest BCUT2D eigenvalue weighted by Crippen LogP contribution is 2.34. The lowest BCUT2D eigenvalue weighted by Crippen LogP contribution is -2.26. The number of aromatic nitrogens is 1. The van der Waals surface area contributed by atoms with Crippen LogP contribution in [-0.4, -0.2) is 25.1 Å². The van der Waals surface area contributed by atoms with E-state index in [1.54, 1.807) is 12.3 Å². The number of aryl methyl sites for hydroxylation is 1. The molecule has 20 heavy (non-hydrogen) atoms. The number of nitrogens with zero attached hydrogens (tertiary/aromatic N) is 1. The first-order valence-corrected chi connectivity index (χ1v) is 8.89. The van der Waals surface area contributed by atoms with Crippen molar-refractivity contribution in [2.75, 3.05) is 0 Å². The molecule has 6 heteroatoms. The molecule has 2 fully saturated rings. The largest absolute Gasteiger partial charge is 0.352 e. The number of sulfonamides is 1. The van der Waals surface area contributed by atoms with Crippen molar-refractivity contribution in [1.29, 1.82) is 0 Å². The molecule has 3 rings (SSSR count). The lowest BCUT2D eigenvalue weighted by atomic mass is 10.3. The van der Waals surface area contributed by atoms with Crippen LogP contribution >= 0.6 is 0 Å². The molecule has 112 valence electrons. The Kier molecular flexibility index (Phi) is 3.64. The van der Waals surface area contributed by atoms with E-state index in [0.717, 1.165) is 25.1 Å². The summed E-state index contributed by atoms with van der Waals surface area (Å²) in [4.78, 5) is 0.384. The first kappa shape index (κ1) is 14.1. The third-order valence-electron chi connectivity index (χ3n) is 4.30. The van der Waals surface area contributed by atoms with Crippen LogP contribution in [0.2, 0.25) is 0 Å². The van der Waals surface area contributed by atoms with Crippen LogP contribution in [-0.2, 0) is 23.6 Å². The van der Waals surface area contributed by atoms with Gasteiger partial charge in [0.2, 0.25) is 10.0 Å². The van der Waals surface area contributed by atoms with Crippen molar-refractivity contribution in [2.24, 2.45) is 13.0 Å². The average Bonchev–Trinajstić information content (AvgIpc) is 3.29. The van der Waals surface area contributed by atoms with Gasteiger partial charge in [0.15, 0.2) is 0 Å². The molecule has 2 unspecified atom stereocenters. The van der Waals surface area contributed by atoms with E-state index in [9.17, 15) is 8.42 Å². The highest BCUT2D eigenvalue weighted by atomic mass is 32.2. The zero-order valence-corrected chi connectivity index (χ0v) is 12.9. The van der Waals surface area contributed by atoms with Crippen LogP contribution in [0.5, 0.6) is 0 Å². The molecule has 0 spiro atoms. The van der Waals surface area contributed by atoms with Gasteiger partial charge in [-0.15, -0.1) is 0 Å². The van der Waals surface area contributed by atoms with E-state index in [2.05, 4.69) is 17.0 Å². The second-order valence-corrected chi connectivity index (χ2v) is 7.78. The van der Waals surface area contributed by atoms with Crippen LogP contribution in [0.15, 0.2) is 17.2 Å². The topological polar surface area (TPSA) is 63.1 Å². The fourth-order valence-electron chi connectivity index (χ4n) is 2.55. The van der Waals surface area contributed by atoms with E-state index in [1.807, 2.05) is 11.6 Å². The fourth-order valence-corrected chi connectivity index (χ4v) is 3.96. The predicted molar refractivity (Wildman–Crippen MR) is 77.8 cm³/mol. The van der Waals surface area contributed by atoms with E-state index in [0.29, 0.717) is 16.9 Å². The number of hydrogen-bond acceptors (Lipinski definition) is 3. The Balaban J connectivity index is 1.67. The Labute approximate surface area is 120 Å². The van der Waals surface area contributed by atoms with Crippen LogP contribution in [0.1, 0.15) is 38.3 Å². The molecule has 0 radical (unpaired) electrons. The zero-order valence-electron chi connectivity index (χ0n) is 12.1. The van der Waals surface area contributed by atoms with Crippen molar-refractivity contribution in [1.82, 2.24) is 14.6 Å². The van der Waals surface area contributed by atoms with Gasteiger partial charge in [-0.2, -0.15) is 0 Å². The molecule has 0 aliphatic heterocycles. The highest BCUT2D eigenvalue weighted by molar-refractivity contribution is 7.89. The van der Waals surface area contributed by atoms with Gasteiger partial charge < -0.3 is 9.88 Å². The highest BCUT2D eigenvalue weighted by Gasteiger charge is 2.38. The van der Waals surface area contributed by atoms with E-state index in [4.69, 9.17) is 0 Å². The average molecular weight is 297 g/mol. The van der Waals surface area contributed by atoms with Crippen molar-refractivity contribution in [3.05, 3.63) is 18.0 Å². The Hall–Kier alpha value is -0.850. The molecule has 0 amide bonds. The minimum Gasteiger partial charge on any atom is -0.352 e.